The van der Waals surface area contributed by atoms with Gasteiger partial charge >= 0.3 is 0 Å². The number of hydrogen-bond donors (Lipinski definition) is 2. The van der Waals surface area contributed by atoms with Crippen LogP contribution in [-0.2, 0) is 0 Å². The molecule has 0 saturated carbocycles. The zero-order valence-corrected chi connectivity index (χ0v) is 11.8. The highest BCUT2D eigenvalue weighted by atomic mass is 16.7. The second-order valence-corrected chi connectivity index (χ2v) is 5.33. The Labute approximate surface area is 120 Å². The van der Waals surface area contributed by atoms with Crippen LogP contribution in [0.3, 0.4) is 0 Å². The number of benzene rings is 1. The second-order valence-electron chi connectivity index (χ2n) is 5.33. The highest BCUT2D eigenvalue weighted by molar-refractivity contribution is 5.49. The van der Waals surface area contributed by atoms with Gasteiger partial charge in [0.25, 0.3) is 0 Å². The Bertz CT molecular complexity index is 453. The molecule has 0 aliphatic carbocycles. The summed E-state index contributed by atoms with van der Waals surface area (Å²) in [7, 11) is 0. The Kier molecular flexibility index (Phi) is 4.40. The van der Waals surface area contributed by atoms with Crippen molar-refractivity contribution in [2.45, 2.75) is 18.9 Å². The summed E-state index contributed by atoms with van der Waals surface area (Å²) >= 11 is 0. The summed E-state index contributed by atoms with van der Waals surface area (Å²) in [5, 5.41) is 3.48. The first kappa shape index (κ1) is 13.7. The first-order chi connectivity index (χ1) is 9.90. The van der Waals surface area contributed by atoms with E-state index in [9.17, 15) is 0 Å². The van der Waals surface area contributed by atoms with Gasteiger partial charge in [0, 0.05) is 25.2 Å². The molecular formula is C15H23N3O2. The maximum Gasteiger partial charge on any atom is 0.231 e. The van der Waals surface area contributed by atoms with Gasteiger partial charge < -0.3 is 20.5 Å². The molecule has 1 unspecified atom stereocenters. The molecule has 3 rings (SSSR count). The number of para-hydroxylation sites is 1. The molecule has 1 fully saturated rings. The van der Waals surface area contributed by atoms with E-state index in [4.69, 9.17) is 15.2 Å². The Balaban J connectivity index is 1.77. The fraction of sp³-hybridized carbons (Fsp3) is 0.600. The predicted octanol–water partition coefficient (Wildman–Crippen LogP) is 1.10. The van der Waals surface area contributed by atoms with Gasteiger partial charge in [-0.2, -0.15) is 0 Å². The highest BCUT2D eigenvalue weighted by Crippen LogP contribution is 2.40. The summed E-state index contributed by atoms with van der Waals surface area (Å²) < 4.78 is 11.1. The van der Waals surface area contributed by atoms with Gasteiger partial charge in [-0.3, -0.25) is 4.90 Å². The lowest BCUT2D eigenvalue weighted by Gasteiger charge is -2.36. The number of nitrogens with two attached hydrogens (primary N) is 1. The van der Waals surface area contributed by atoms with Crippen LogP contribution in [0.5, 0.6) is 11.5 Å². The fourth-order valence-corrected chi connectivity index (χ4v) is 3.00. The van der Waals surface area contributed by atoms with Gasteiger partial charge in [-0.25, -0.2) is 0 Å². The van der Waals surface area contributed by atoms with Crippen molar-refractivity contribution in [3.05, 3.63) is 23.8 Å². The summed E-state index contributed by atoms with van der Waals surface area (Å²) in [6, 6.07) is 6.54. The topological polar surface area (TPSA) is 59.8 Å². The zero-order chi connectivity index (χ0) is 13.8. The number of ether oxygens (including phenoxy) is 2. The molecule has 1 aromatic carbocycles. The van der Waals surface area contributed by atoms with Crippen LogP contribution in [0, 0.1) is 0 Å². The third-order valence-corrected chi connectivity index (χ3v) is 4.04. The average Bonchev–Trinajstić information content (AvgIpc) is 2.96. The van der Waals surface area contributed by atoms with Crippen LogP contribution in [0.15, 0.2) is 18.2 Å². The monoisotopic (exact) mass is 277 g/mol. The van der Waals surface area contributed by atoms with Crippen LogP contribution in [0.25, 0.3) is 0 Å². The summed E-state index contributed by atoms with van der Waals surface area (Å²) in [5.41, 5.74) is 6.83. The maximum atomic E-state index is 5.66. The largest absolute Gasteiger partial charge is 0.454 e. The van der Waals surface area contributed by atoms with Gasteiger partial charge in [0.2, 0.25) is 6.79 Å². The van der Waals surface area contributed by atoms with E-state index in [0.29, 0.717) is 12.8 Å². The van der Waals surface area contributed by atoms with Crippen LogP contribution in [0.4, 0.5) is 0 Å². The van der Waals surface area contributed by atoms with Crippen LogP contribution in [0.2, 0.25) is 0 Å². The van der Waals surface area contributed by atoms with Crippen LogP contribution < -0.4 is 20.5 Å². The van der Waals surface area contributed by atoms with Crippen molar-refractivity contribution in [2.75, 3.05) is 39.5 Å². The molecule has 3 N–H and O–H groups in total. The third kappa shape index (κ3) is 2.75. The van der Waals surface area contributed by atoms with Crippen LogP contribution in [0.1, 0.15) is 24.4 Å². The summed E-state index contributed by atoms with van der Waals surface area (Å²) in [6.07, 6.45) is 2.24. The minimum Gasteiger partial charge on any atom is -0.454 e. The molecular weight excluding hydrogens is 254 g/mol. The second kappa shape index (κ2) is 6.43. The number of hydrogen-bond acceptors (Lipinski definition) is 5. The first-order valence-corrected chi connectivity index (χ1v) is 7.43. The van der Waals surface area contributed by atoms with Gasteiger partial charge in [0.15, 0.2) is 11.5 Å². The van der Waals surface area contributed by atoms with E-state index in [2.05, 4.69) is 22.3 Å². The molecule has 0 radical (unpaired) electrons. The van der Waals surface area contributed by atoms with Crippen LogP contribution >= 0.6 is 0 Å². The maximum absolute atomic E-state index is 5.66. The highest BCUT2D eigenvalue weighted by Gasteiger charge is 2.29. The lowest BCUT2D eigenvalue weighted by atomic mass is 10.0. The Hall–Kier alpha value is -1.30. The van der Waals surface area contributed by atoms with Gasteiger partial charge in [-0.05, 0) is 32.0 Å². The van der Waals surface area contributed by atoms with Crippen molar-refractivity contribution in [1.29, 1.82) is 0 Å². The SMILES string of the molecule is NCCCCN1CCNCC1c1cccc2c1OCO2. The molecule has 5 heteroatoms. The molecule has 1 atom stereocenters. The lowest BCUT2D eigenvalue weighted by Crippen LogP contribution is -2.46. The molecule has 20 heavy (non-hydrogen) atoms. The van der Waals surface area contributed by atoms with Gasteiger partial charge in [0.05, 0.1) is 6.04 Å². The quantitative estimate of drug-likeness (QED) is 0.789. The molecule has 2 aliphatic heterocycles. The van der Waals surface area contributed by atoms with Crippen molar-refractivity contribution >= 4 is 0 Å². The number of nitrogens with one attached hydrogen (secondary N) is 1. The van der Waals surface area contributed by atoms with E-state index in [-0.39, 0.29) is 0 Å². The number of fused-ring (bicyclic) bond motifs is 1. The summed E-state index contributed by atoms with van der Waals surface area (Å²) in [5.74, 6) is 1.79. The van der Waals surface area contributed by atoms with Gasteiger partial charge in [-0.15, -0.1) is 0 Å². The van der Waals surface area contributed by atoms with E-state index in [1.165, 1.54) is 5.56 Å². The van der Waals surface area contributed by atoms with Crippen molar-refractivity contribution in [3.63, 3.8) is 0 Å². The van der Waals surface area contributed by atoms with Crippen molar-refractivity contribution < 1.29 is 9.47 Å². The number of nitrogens with zero attached hydrogens (tertiary/aromatic N) is 1. The third-order valence-electron chi connectivity index (χ3n) is 4.04. The van der Waals surface area contributed by atoms with Gasteiger partial charge in [0.1, 0.15) is 0 Å². The lowest BCUT2D eigenvalue weighted by molar-refractivity contribution is 0.149. The molecule has 2 aliphatic rings. The van der Waals surface area contributed by atoms with Gasteiger partial charge in [-0.1, -0.05) is 12.1 Å². The number of piperazine rings is 1. The van der Waals surface area contributed by atoms with E-state index >= 15 is 0 Å². The fourth-order valence-electron chi connectivity index (χ4n) is 3.00. The number of unbranched alkanes of at least 4 members (excludes halogenated alkanes) is 1. The Morgan fingerprint density at radius 1 is 1.30 bits per heavy atom. The van der Waals surface area contributed by atoms with Crippen molar-refractivity contribution in [2.24, 2.45) is 5.73 Å². The van der Waals surface area contributed by atoms with E-state index < -0.39 is 0 Å². The normalized spacial score (nSPS) is 22.1. The Morgan fingerprint density at radius 2 is 2.25 bits per heavy atom. The van der Waals surface area contributed by atoms with Crippen molar-refractivity contribution in [1.82, 2.24) is 10.2 Å². The number of rotatable bonds is 5. The molecule has 0 aromatic heterocycles. The minimum atomic E-state index is 0.333. The molecule has 5 nitrogen and oxygen atoms in total. The smallest absolute Gasteiger partial charge is 0.231 e. The van der Waals surface area contributed by atoms with Crippen molar-refractivity contribution in [3.8, 4) is 11.5 Å². The molecule has 0 spiro atoms. The standard InChI is InChI=1S/C15H23N3O2/c16-6-1-2-8-18-9-7-17-10-13(18)12-4-3-5-14-15(12)20-11-19-14/h3-5,13,17H,1-2,6-11,16H2. The molecule has 0 amide bonds. The first-order valence-electron chi connectivity index (χ1n) is 7.43. The zero-order valence-electron chi connectivity index (χ0n) is 11.8. The average molecular weight is 277 g/mol. The molecule has 0 bridgehead atoms. The molecule has 1 saturated heterocycles. The Morgan fingerprint density at radius 3 is 3.15 bits per heavy atom. The molecule has 1 aromatic rings. The summed E-state index contributed by atoms with van der Waals surface area (Å²) in [6.45, 7) is 5.27. The molecule has 110 valence electrons. The van der Waals surface area contributed by atoms with E-state index in [1.807, 2.05) is 6.07 Å². The predicted molar refractivity (Wildman–Crippen MR) is 78.0 cm³/mol. The van der Waals surface area contributed by atoms with E-state index in [0.717, 1.165) is 57.1 Å². The van der Waals surface area contributed by atoms with Crippen LogP contribution in [-0.4, -0.2) is 44.4 Å². The minimum absolute atomic E-state index is 0.333. The summed E-state index contributed by atoms with van der Waals surface area (Å²) in [4.78, 5) is 2.53. The molecule has 2 heterocycles. The van der Waals surface area contributed by atoms with E-state index in [1.54, 1.807) is 0 Å².